The van der Waals surface area contributed by atoms with Crippen molar-refractivity contribution < 1.29 is 4.74 Å². The number of para-hydroxylation sites is 1. The first-order valence-electron chi connectivity index (χ1n) is 9.25. The molecule has 0 fully saturated rings. The molecule has 0 aliphatic rings. The van der Waals surface area contributed by atoms with Crippen LogP contribution in [-0.2, 0) is 6.54 Å². The highest BCUT2D eigenvalue weighted by Crippen LogP contribution is 2.19. The lowest BCUT2D eigenvalue weighted by Gasteiger charge is -2.15. The van der Waals surface area contributed by atoms with Crippen molar-refractivity contribution in [3.05, 3.63) is 82.5 Å². The van der Waals surface area contributed by atoms with Gasteiger partial charge in [-0.2, -0.15) is 5.10 Å². The fourth-order valence-corrected chi connectivity index (χ4v) is 3.28. The van der Waals surface area contributed by atoms with Crippen LogP contribution in [0, 0.1) is 0 Å². The van der Waals surface area contributed by atoms with Crippen LogP contribution >= 0.6 is 0 Å². The molecule has 4 rings (SSSR count). The lowest BCUT2D eigenvalue weighted by molar-refractivity contribution is 0.414. The number of rotatable bonds is 5. The average molecular weight is 374 g/mol. The molecule has 0 radical (unpaired) electrons. The molecule has 0 aliphatic carbocycles. The second kappa shape index (κ2) is 7.31. The summed E-state index contributed by atoms with van der Waals surface area (Å²) in [5.74, 6) is 1.62. The number of nitrogens with zero attached hydrogens (tertiary/aromatic N) is 4. The monoisotopic (exact) mass is 374 g/mol. The Morgan fingerprint density at radius 2 is 1.75 bits per heavy atom. The third kappa shape index (κ3) is 3.17. The molecule has 2 aromatic heterocycles. The molecule has 2 heterocycles. The molecule has 0 aliphatic heterocycles. The molecule has 0 saturated heterocycles. The zero-order valence-corrected chi connectivity index (χ0v) is 16.2. The van der Waals surface area contributed by atoms with Gasteiger partial charge in [0.2, 0.25) is 0 Å². The van der Waals surface area contributed by atoms with Gasteiger partial charge in [-0.05, 0) is 29.8 Å². The molecule has 0 saturated carbocycles. The van der Waals surface area contributed by atoms with Crippen LogP contribution in [-0.4, -0.2) is 26.4 Å². The molecule has 0 bridgehead atoms. The van der Waals surface area contributed by atoms with Crippen molar-refractivity contribution in [3.8, 4) is 11.4 Å². The van der Waals surface area contributed by atoms with Crippen molar-refractivity contribution in [1.82, 2.24) is 19.3 Å². The smallest absolute Gasteiger partial charge is 0.264 e. The largest absolute Gasteiger partial charge is 0.497 e. The first-order chi connectivity index (χ1) is 13.6. The highest BCUT2D eigenvalue weighted by molar-refractivity contribution is 5.75. The van der Waals surface area contributed by atoms with Gasteiger partial charge in [-0.25, -0.2) is 9.67 Å². The molecule has 6 nitrogen and oxygen atoms in total. The Hall–Kier alpha value is -3.41. The quantitative estimate of drug-likeness (QED) is 0.534. The van der Waals surface area contributed by atoms with Crippen LogP contribution in [0.5, 0.6) is 5.75 Å². The van der Waals surface area contributed by atoms with Crippen LogP contribution < -0.4 is 10.3 Å². The fourth-order valence-electron chi connectivity index (χ4n) is 3.28. The van der Waals surface area contributed by atoms with E-state index in [4.69, 9.17) is 9.72 Å². The minimum atomic E-state index is -0.0771. The maximum Gasteiger partial charge on any atom is 0.264 e. The van der Waals surface area contributed by atoms with Crippen molar-refractivity contribution in [2.75, 3.05) is 7.11 Å². The van der Waals surface area contributed by atoms with E-state index >= 15 is 0 Å². The van der Waals surface area contributed by atoms with E-state index in [1.165, 1.54) is 0 Å². The van der Waals surface area contributed by atoms with E-state index in [0.29, 0.717) is 17.6 Å². The number of benzene rings is 2. The summed E-state index contributed by atoms with van der Waals surface area (Å²) in [6.07, 6.45) is 1.60. The van der Waals surface area contributed by atoms with Crippen molar-refractivity contribution in [1.29, 1.82) is 0 Å². The van der Waals surface area contributed by atoms with Crippen LogP contribution in [0.15, 0.2) is 65.6 Å². The molecule has 0 atom stereocenters. The number of aromatic nitrogens is 4. The Morgan fingerprint density at radius 3 is 2.39 bits per heavy atom. The van der Waals surface area contributed by atoms with Gasteiger partial charge < -0.3 is 4.74 Å². The number of methoxy groups -OCH3 is 1. The highest BCUT2D eigenvalue weighted by atomic mass is 16.5. The number of fused-ring (bicyclic) bond motifs is 1. The van der Waals surface area contributed by atoms with Gasteiger partial charge in [0.25, 0.3) is 5.56 Å². The number of hydrogen-bond donors (Lipinski definition) is 0. The van der Waals surface area contributed by atoms with E-state index in [0.717, 1.165) is 22.8 Å². The molecule has 28 heavy (non-hydrogen) atoms. The molecular formula is C22H22N4O2. The predicted octanol–water partition coefficient (Wildman–Crippen LogP) is 3.76. The molecule has 0 spiro atoms. The van der Waals surface area contributed by atoms with Gasteiger partial charge in [0.05, 0.1) is 25.5 Å². The van der Waals surface area contributed by atoms with Crippen LogP contribution in [0.1, 0.15) is 31.2 Å². The topological polar surface area (TPSA) is 61.9 Å². The van der Waals surface area contributed by atoms with Crippen molar-refractivity contribution in [2.24, 2.45) is 0 Å². The van der Waals surface area contributed by atoms with Gasteiger partial charge in [-0.15, -0.1) is 0 Å². The summed E-state index contributed by atoms with van der Waals surface area (Å²) in [5, 5.41) is 4.94. The summed E-state index contributed by atoms with van der Waals surface area (Å²) >= 11 is 0. The average Bonchev–Trinajstić information content (AvgIpc) is 3.15. The maximum absolute atomic E-state index is 13.3. The molecule has 6 heteroatoms. The van der Waals surface area contributed by atoms with Gasteiger partial charge in [0, 0.05) is 5.92 Å². The second-order valence-electron chi connectivity index (χ2n) is 6.99. The number of hydrogen-bond acceptors (Lipinski definition) is 4. The zero-order chi connectivity index (χ0) is 19.7. The van der Waals surface area contributed by atoms with Crippen LogP contribution in [0.25, 0.3) is 16.7 Å². The second-order valence-corrected chi connectivity index (χ2v) is 6.99. The van der Waals surface area contributed by atoms with Gasteiger partial charge in [-0.1, -0.05) is 44.2 Å². The minimum Gasteiger partial charge on any atom is -0.497 e. The summed E-state index contributed by atoms with van der Waals surface area (Å²) in [6, 6.07) is 17.5. The van der Waals surface area contributed by atoms with Gasteiger partial charge >= 0.3 is 0 Å². The summed E-state index contributed by atoms with van der Waals surface area (Å²) < 4.78 is 8.68. The summed E-state index contributed by atoms with van der Waals surface area (Å²) in [5.41, 5.74) is 2.41. The Bertz CT molecular complexity index is 1160. The van der Waals surface area contributed by atoms with Crippen LogP contribution in [0.2, 0.25) is 0 Å². The zero-order valence-electron chi connectivity index (χ0n) is 16.2. The fraction of sp³-hybridized carbons (Fsp3) is 0.227. The normalized spacial score (nSPS) is 11.3. The Balaban J connectivity index is 1.85. The predicted molar refractivity (Wildman–Crippen MR) is 109 cm³/mol. The molecule has 0 unspecified atom stereocenters. The summed E-state index contributed by atoms with van der Waals surface area (Å²) in [6.45, 7) is 4.54. The lowest BCUT2D eigenvalue weighted by atomic mass is 10.1. The molecule has 4 aromatic rings. The van der Waals surface area contributed by atoms with E-state index in [-0.39, 0.29) is 11.5 Å². The first-order valence-corrected chi connectivity index (χ1v) is 9.25. The van der Waals surface area contributed by atoms with E-state index in [1.807, 2.05) is 68.4 Å². The summed E-state index contributed by atoms with van der Waals surface area (Å²) in [4.78, 5) is 18.1. The molecule has 142 valence electrons. The Labute approximate surface area is 163 Å². The minimum absolute atomic E-state index is 0.0771. The van der Waals surface area contributed by atoms with Crippen LogP contribution in [0.3, 0.4) is 0 Å². The van der Waals surface area contributed by atoms with E-state index in [1.54, 1.807) is 22.6 Å². The molecule has 2 aromatic carbocycles. The first kappa shape index (κ1) is 18.0. The van der Waals surface area contributed by atoms with Crippen molar-refractivity contribution in [2.45, 2.75) is 26.3 Å². The van der Waals surface area contributed by atoms with Gasteiger partial charge in [0.15, 0.2) is 5.65 Å². The third-order valence-electron chi connectivity index (χ3n) is 4.73. The van der Waals surface area contributed by atoms with E-state index in [2.05, 4.69) is 5.10 Å². The Kier molecular flexibility index (Phi) is 4.69. The van der Waals surface area contributed by atoms with Crippen molar-refractivity contribution in [3.63, 3.8) is 0 Å². The molecule has 0 amide bonds. The standard InChI is InChI=1S/C22H22N4O2/c1-15(2)20-24-21-19(13-23-26(21)17-7-5-4-6-8-17)22(27)25(20)14-16-9-11-18(28-3)12-10-16/h4-13,15H,14H2,1-3H3. The summed E-state index contributed by atoms with van der Waals surface area (Å²) in [7, 11) is 1.64. The maximum atomic E-state index is 13.3. The van der Waals surface area contributed by atoms with Gasteiger partial charge in [0.1, 0.15) is 17.0 Å². The molecule has 0 N–H and O–H groups in total. The third-order valence-corrected chi connectivity index (χ3v) is 4.73. The van der Waals surface area contributed by atoms with Crippen LogP contribution in [0.4, 0.5) is 0 Å². The van der Waals surface area contributed by atoms with E-state index < -0.39 is 0 Å². The van der Waals surface area contributed by atoms with Gasteiger partial charge in [-0.3, -0.25) is 9.36 Å². The Morgan fingerprint density at radius 1 is 1.04 bits per heavy atom. The van der Waals surface area contributed by atoms with Crippen molar-refractivity contribution >= 4 is 11.0 Å². The molecular weight excluding hydrogens is 352 g/mol. The van der Waals surface area contributed by atoms with E-state index in [9.17, 15) is 4.79 Å². The SMILES string of the molecule is COc1ccc(Cn2c(C(C)C)nc3c(cnn3-c3ccccc3)c2=O)cc1. The lowest BCUT2D eigenvalue weighted by Crippen LogP contribution is -2.26. The number of ether oxygens (including phenoxy) is 1. The highest BCUT2D eigenvalue weighted by Gasteiger charge is 2.18.